The van der Waals surface area contributed by atoms with E-state index in [4.69, 9.17) is 53.5 Å². The van der Waals surface area contributed by atoms with Gasteiger partial charge in [0.25, 0.3) is 30.4 Å². The molecule has 11 heterocycles. The first-order valence-electron chi connectivity index (χ1n) is 33.3. The maximum absolute atomic E-state index is 12.1. The quantitative estimate of drug-likeness (QED) is 0.0809. The molecule has 5 N–H and O–H groups in total. The molecule has 18 rings (SSSR count). The van der Waals surface area contributed by atoms with Gasteiger partial charge in [-0.25, -0.2) is 39.9 Å². The van der Waals surface area contributed by atoms with Crippen LogP contribution in [0.15, 0.2) is 280 Å². The van der Waals surface area contributed by atoms with Gasteiger partial charge in [-0.1, -0.05) is 196 Å². The van der Waals surface area contributed by atoms with E-state index >= 15 is 0 Å². The van der Waals surface area contributed by atoms with Gasteiger partial charge in [-0.15, -0.1) is 0 Å². The Bertz CT molecular complexity index is 5780. The van der Waals surface area contributed by atoms with E-state index in [1.165, 1.54) is 0 Å². The summed E-state index contributed by atoms with van der Waals surface area (Å²) < 4.78 is 77.6. The number of pyridine rings is 6. The number of H-pyrrole nitrogens is 2. The molecule has 568 valence electrons. The minimum absolute atomic E-state index is 0. The third-order valence-electron chi connectivity index (χ3n) is 15.5. The molecule has 0 fully saturated rings. The van der Waals surface area contributed by atoms with Crippen molar-refractivity contribution in [3.05, 3.63) is 302 Å². The van der Waals surface area contributed by atoms with Crippen molar-refractivity contribution in [2.75, 3.05) is 18.8 Å². The van der Waals surface area contributed by atoms with Crippen LogP contribution in [0.4, 0.5) is 0 Å². The van der Waals surface area contributed by atoms with Gasteiger partial charge in [-0.3, -0.25) is 43.2 Å². The van der Waals surface area contributed by atoms with E-state index in [-0.39, 0.29) is 55.9 Å². The number of nitrogens with zero attached hydrogens (tertiary/aromatic N) is 12. The number of ketones is 2. The molecule has 14 aromatic rings. The number of aromatic amines is 2. The smallest absolute Gasteiger partial charge is 0.261 e. The Labute approximate surface area is 670 Å². The van der Waals surface area contributed by atoms with Gasteiger partial charge < -0.3 is 34.8 Å². The topological polar surface area (TPSA) is 384 Å². The molecule has 0 saturated heterocycles. The van der Waals surface area contributed by atoms with E-state index in [2.05, 4.69) is 42.0 Å². The number of rotatable bonds is 4. The zero-order chi connectivity index (χ0) is 77.2. The molecule has 112 heavy (non-hydrogen) atoms. The summed E-state index contributed by atoms with van der Waals surface area (Å²) in [5.74, 6) is 3.49. The molecule has 0 amide bonds. The van der Waals surface area contributed by atoms with E-state index in [9.17, 15) is 34.8 Å². The van der Waals surface area contributed by atoms with E-state index in [0.29, 0.717) is 81.6 Å². The predicted molar refractivity (Wildman–Crippen MR) is 419 cm³/mol. The van der Waals surface area contributed by atoms with Gasteiger partial charge in [-0.05, 0) is 72.8 Å². The average molecular weight is 1680 g/mol. The maximum atomic E-state index is 12.1. The Morgan fingerprint density at radius 1 is 0.268 bits per heavy atom. The minimum atomic E-state index is -3.67. The Morgan fingerprint density at radius 3 is 0.812 bits per heavy atom. The summed E-state index contributed by atoms with van der Waals surface area (Å²) >= 11 is 0. The summed E-state index contributed by atoms with van der Waals surface area (Å²) in [6.07, 6.45) is 9.22. The molecule has 31 heteroatoms. The van der Waals surface area contributed by atoms with Crippen molar-refractivity contribution in [3.8, 4) is 114 Å². The summed E-state index contributed by atoms with van der Waals surface area (Å²) in [4.78, 5) is 87.4. The van der Waals surface area contributed by atoms with Crippen molar-refractivity contribution in [2.45, 2.75) is 13.8 Å². The van der Waals surface area contributed by atoms with Crippen LogP contribution in [-0.4, -0.2) is 139 Å². The van der Waals surface area contributed by atoms with Crippen molar-refractivity contribution >= 4 is 64.0 Å². The maximum Gasteiger partial charge on any atom is 0.261 e. The third kappa shape index (κ3) is 22.5. The Morgan fingerprint density at radius 2 is 0.500 bits per heavy atom. The summed E-state index contributed by atoms with van der Waals surface area (Å²) in [6, 6.07) is 81.1. The van der Waals surface area contributed by atoms with Crippen molar-refractivity contribution in [1.82, 2.24) is 69.8 Å². The molecule has 0 saturated carbocycles. The number of hydrogen-bond donors (Lipinski definition) is 5. The molecule has 4 aliphatic rings. The molecule has 0 unspecified atom stereocenters. The van der Waals surface area contributed by atoms with Crippen molar-refractivity contribution in [1.29, 1.82) is 0 Å². The van der Waals surface area contributed by atoms with E-state index < -0.39 is 30.4 Å². The third-order valence-corrected chi connectivity index (χ3v) is 15.5. The van der Waals surface area contributed by atoms with Gasteiger partial charge in [0.2, 0.25) is 0 Å². The summed E-state index contributed by atoms with van der Waals surface area (Å²) in [7, 11) is -11.0. The fourth-order valence-corrected chi connectivity index (χ4v) is 11.1. The molecule has 25 nitrogen and oxygen atoms in total. The number of hydrogen-bond acceptors (Lipinski definition) is 20. The van der Waals surface area contributed by atoms with Crippen LogP contribution in [0.25, 0.3) is 136 Å². The first-order chi connectivity index (χ1) is 52.5. The van der Waals surface area contributed by atoms with Crippen LogP contribution in [0.2, 0.25) is 0 Å². The number of halogens is 2. The molecule has 3 aliphatic heterocycles. The van der Waals surface area contributed by atoms with Gasteiger partial charge in [0.15, 0.2) is 40.7 Å². The molecule has 6 aromatic carbocycles. The Balaban J connectivity index is 0.000000187. The second kappa shape index (κ2) is 39.0. The van der Waals surface area contributed by atoms with Crippen LogP contribution >= 0.6 is 0 Å². The standard InChI is InChI=1S/C32H18N8.C20H14N4.C14H8O2.C10H8N2.C2H6.3CH4O3S.2ClH.Ru/c1-2-10-18-17(9-1)25-33-26(18)38-28-21-13-5-6-14-22(21)30(35-28)40-32-24-16-8-7-15-23(24)31(36-32)39-29-20-12-4-3-11-19(20)27(34-29)37-25;1-3-13-21-15(7-1)17-9-5-11-19(23-17)20-12-6-10-18(24-20)16-8-2-4-14-22-16;15-13-9-5-1-2-6-10(9)14(16)12-8-4-3-7-11(12)13;1-3-7-11-9(5-1)10-6-2-4-8-12-10;1-2;3*1-5(2,3)4;;;/h1-16H,(H2,33,34,35,36,37,38,39,40);1-14H;1-8H;1-8H;1-2H3;3*1H3,(H,2,3,4);2*1H;/p-2. The molecule has 8 bridgehead atoms. The summed E-state index contributed by atoms with van der Waals surface area (Å²) in [6.45, 7) is 4.00. The van der Waals surface area contributed by atoms with Gasteiger partial charge in [-0.2, -0.15) is 25.3 Å². The molecule has 0 spiro atoms. The van der Waals surface area contributed by atoms with Crippen molar-refractivity contribution in [3.63, 3.8) is 0 Å². The van der Waals surface area contributed by atoms with Crippen LogP contribution in [-0.2, 0) is 49.8 Å². The Kier molecular flexibility index (Phi) is 29.7. The number of fused-ring (bicyclic) bond motifs is 22. The largest absolute Gasteiger partial charge is 1.00 e. The van der Waals surface area contributed by atoms with Crippen LogP contribution in [0.5, 0.6) is 0 Å². The van der Waals surface area contributed by atoms with Crippen LogP contribution in [0.1, 0.15) is 45.7 Å². The second-order valence-electron chi connectivity index (χ2n) is 23.4. The normalized spacial score (nSPS) is 11.1. The molecule has 0 radical (unpaired) electrons. The fraction of sp³-hybridized carbons (Fsp3) is 0.0617. The zero-order valence-corrected chi connectivity index (χ0v) is 65.6. The number of carbonyl (C=O) groups excluding carboxylic acids is 2. The zero-order valence-electron chi connectivity index (χ0n) is 59.9. The number of aromatic nitrogens is 14. The average Bonchev–Trinajstić information content (AvgIpc) is 1.22. The molecule has 0 atom stereocenters. The predicted octanol–water partition coefficient (Wildman–Crippen LogP) is 9.19. The van der Waals surface area contributed by atoms with Crippen molar-refractivity contribution in [2.24, 2.45) is 0 Å². The van der Waals surface area contributed by atoms with E-state index in [0.717, 1.165) is 95.4 Å². The van der Waals surface area contributed by atoms with E-state index in [1.807, 2.05) is 208 Å². The molecule has 1 aliphatic carbocycles. The van der Waals surface area contributed by atoms with E-state index in [1.54, 1.807) is 73.3 Å². The Hall–Kier alpha value is -12.1. The van der Waals surface area contributed by atoms with Gasteiger partial charge in [0.1, 0.15) is 17.1 Å². The minimum Gasteiger partial charge on any atom is -1.00 e. The monoisotopic (exact) mass is 1680 g/mol. The first-order valence-corrected chi connectivity index (χ1v) is 38.8. The summed E-state index contributed by atoms with van der Waals surface area (Å²) in [5, 5.41) is 1.98. The van der Waals surface area contributed by atoms with Gasteiger partial charge in [0, 0.05) is 111 Å². The fourth-order valence-electron chi connectivity index (χ4n) is 11.1. The molecular weight excluding hydrogens is 1610 g/mol. The van der Waals surface area contributed by atoms with Crippen LogP contribution in [0, 0.1) is 0 Å². The number of nitrogens with one attached hydrogen (secondary N) is 2. The van der Waals surface area contributed by atoms with Crippen molar-refractivity contribution < 1.29 is 92.8 Å². The van der Waals surface area contributed by atoms with Crippen LogP contribution < -0.4 is 24.8 Å². The summed E-state index contributed by atoms with van der Waals surface area (Å²) in [5.41, 5.74) is 15.9. The molecular formula is C81H66Cl2N14O11RuS3-2. The number of benzene rings is 6. The SMILES string of the molecule is CC.CS(=O)(=O)O.CS(=O)(=O)O.CS(=O)(=O)O.O=C1c2ccccc2C(=O)c2ccccc21.[Cl-].[Cl-].[Ru].c1ccc(-c2cccc(-c3cccc(-c4ccccn4)n3)n2)nc1.c1ccc(-c2ccccn2)nc1.c1ccc2c(c1)-c1nc3nc(nc4[nH]c([nH]c5nc(nc-2n1)-c1ccccc1-5)c1ccccc41)-c1ccccc1-3. The number of carbonyl (C=O) groups is 2. The van der Waals surface area contributed by atoms with Gasteiger partial charge >= 0.3 is 0 Å². The molecule has 8 aromatic heterocycles. The van der Waals surface area contributed by atoms with Gasteiger partial charge in [0.05, 0.1) is 64.3 Å². The first kappa shape index (κ1) is 85.5. The second-order valence-corrected chi connectivity index (χ2v) is 27.8. The van der Waals surface area contributed by atoms with Crippen LogP contribution in [0.3, 0.4) is 0 Å².